The van der Waals surface area contributed by atoms with Crippen LogP contribution in [0.5, 0.6) is 0 Å². The Labute approximate surface area is 124 Å². The summed E-state index contributed by atoms with van der Waals surface area (Å²) in [5.74, 6) is -0.0673. The number of carbonyl (C=O) groups excluding carboxylic acids is 1. The Bertz CT molecular complexity index is 626. The Balaban J connectivity index is 2.22. The average Bonchev–Trinajstić information content (AvgIpc) is 2.32. The lowest BCUT2D eigenvalue weighted by molar-refractivity contribution is 0.102. The van der Waals surface area contributed by atoms with E-state index in [0.29, 0.717) is 11.3 Å². The van der Waals surface area contributed by atoms with Crippen LogP contribution in [0, 0.1) is 6.92 Å². The highest BCUT2D eigenvalue weighted by molar-refractivity contribution is 9.10. The number of anilines is 2. The molecule has 1 heterocycles. The molecule has 4 nitrogen and oxygen atoms in total. The summed E-state index contributed by atoms with van der Waals surface area (Å²) in [5.41, 5.74) is 7.66. The summed E-state index contributed by atoms with van der Waals surface area (Å²) in [5, 5.41) is 2.97. The first kappa shape index (κ1) is 13.8. The minimum Gasteiger partial charge on any atom is -0.384 e. The van der Waals surface area contributed by atoms with Crippen LogP contribution < -0.4 is 11.1 Å². The van der Waals surface area contributed by atoms with E-state index in [0.717, 1.165) is 10.0 Å². The van der Waals surface area contributed by atoms with Crippen LogP contribution in [0.4, 0.5) is 11.5 Å². The van der Waals surface area contributed by atoms with Gasteiger partial charge in [-0.25, -0.2) is 4.98 Å². The Morgan fingerprint density at radius 3 is 2.74 bits per heavy atom. The molecule has 0 aliphatic heterocycles. The topological polar surface area (TPSA) is 68.0 Å². The van der Waals surface area contributed by atoms with Crippen molar-refractivity contribution in [1.29, 1.82) is 0 Å². The van der Waals surface area contributed by atoms with Crippen molar-refractivity contribution >= 4 is 44.9 Å². The second-order valence-corrected chi connectivity index (χ2v) is 5.26. The number of nitrogens with one attached hydrogen (secondary N) is 1. The molecule has 0 spiro atoms. The van der Waals surface area contributed by atoms with Gasteiger partial charge >= 0.3 is 0 Å². The zero-order valence-electron chi connectivity index (χ0n) is 10.1. The lowest BCUT2D eigenvalue weighted by atomic mass is 10.2. The number of aromatic nitrogens is 1. The van der Waals surface area contributed by atoms with E-state index >= 15 is 0 Å². The number of nitrogen functional groups attached to an aromatic ring is 1. The molecule has 1 aromatic heterocycles. The predicted octanol–water partition coefficient (Wildman–Crippen LogP) is 3.64. The number of amides is 1. The Kier molecular flexibility index (Phi) is 4.07. The largest absolute Gasteiger partial charge is 0.384 e. The van der Waals surface area contributed by atoms with E-state index in [4.69, 9.17) is 17.3 Å². The van der Waals surface area contributed by atoms with Gasteiger partial charge in [0, 0.05) is 15.7 Å². The van der Waals surface area contributed by atoms with Gasteiger partial charge in [0.2, 0.25) is 0 Å². The highest BCUT2D eigenvalue weighted by Gasteiger charge is 2.09. The number of rotatable bonds is 2. The molecule has 0 saturated carbocycles. The fourth-order valence-corrected chi connectivity index (χ4v) is 2.04. The summed E-state index contributed by atoms with van der Waals surface area (Å²) < 4.78 is 0.988. The first-order valence-electron chi connectivity index (χ1n) is 5.46. The molecule has 6 heteroatoms. The van der Waals surface area contributed by atoms with Gasteiger partial charge in [-0.05, 0) is 42.8 Å². The monoisotopic (exact) mass is 339 g/mol. The molecule has 0 bridgehead atoms. The highest BCUT2D eigenvalue weighted by Crippen LogP contribution is 2.21. The lowest BCUT2D eigenvalue weighted by Gasteiger charge is -2.07. The van der Waals surface area contributed by atoms with Crippen LogP contribution in [0.1, 0.15) is 15.9 Å². The van der Waals surface area contributed by atoms with Crippen molar-refractivity contribution in [2.45, 2.75) is 6.92 Å². The van der Waals surface area contributed by atoms with Crippen LogP contribution in [0.2, 0.25) is 5.15 Å². The summed E-state index contributed by atoms with van der Waals surface area (Å²) in [4.78, 5) is 15.9. The zero-order valence-corrected chi connectivity index (χ0v) is 12.4. The molecule has 19 heavy (non-hydrogen) atoms. The molecule has 1 aromatic carbocycles. The molecular formula is C13H11BrClN3O. The summed E-state index contributed by atoms with van der Waals surface area (Å²) in [6.45, 7) is 1.95. The molecule has 0 unspecified atom stereocenters. The second-order valence-electron chi connectivity index (χ2n) is 4.02. The maximum atomic E-state index is 12.0. The summed E-state index contributed by atoms with van der Waals surface area (Å²) >= 11 is 9.17. The van der Waals surface area contributed by atoms with Crippen molar-refractivity contribution in [2.24, 2.45) is 0 Å². The number of carbonyl (C=O) groups is 1. The minimum absolute atomic E-state index is 0.192. The molecule has 0 atom stereocenters. The van der Waals surface area contributed by atoms with E-state index in [1.165, 1.54) is 12.1 Å². The number of nitrogens with zero attached hydrogens (tertiary/aromatic N) is 1. The molecule has 0 radical (unpaired) electrons. The van der Waals surface area contributed by atoms with Gasteiger partial charge < -0.3 is 11.1 Å². The van der Waals surface area contributed by atoms with Crippen LogP contribution in [-0.2, 0) is 0 Å². The minimum atomic E-state index is -0.280. The molecule has 0 aliphatic rings. The first-order chi connectivity index (χ1) is 8.95. The highest BCUT2D eigenvalue weighted by atomic mass is 79.9. The van der Waals surface area contributed by atoms with E-state index in [1.54, 1.807) is 6.07 Å². The smallest absolute Gasteiger partial charge is 0.255 e. The number of pyridine rings is 1. The third kappa shape index (κ3) is 3.45. The van der Waals surface area contributed by atoms with Crippen LogP contribution >= 0.6 is 27.5 Å². The van der Waals surface area contributed by atoms with Crippen LogP contribution in [0.3, 0.4) is 0 Å². The molecule has 2 aromatic rings. The summed E-state index contributed by atoms with van der Waals surface area (Å²) in [7, 11) is 0. The van der Waals surface area contributed by atoms with E-state index in [-0.39, 0.29) is 16.9 Å². The third-order valence-corrected chi connectivity index (χ3v) is 3.58. The average molecular weight is 341 g/mol. The number of hydrogen-bond acceptors (Lipinski definition) is 3. The fourth-order valence-electron chi connectivity index (χ4n) is 1.57. The number of hydrogen-bond donors (Lipinski definition) is 2. The normalized spacial score (nSPS) is 10.3. The van der Waals surface area contributed by atoms with Crippen molar-refractivity contribution in [3.05, 3.63) is 51.1 Å². The van der Waals surface area contributed by atoms with Crippen molar-refractivity contribution in [3.8, 4) is 0 Å². The van der Waals surface area contributed by atoms with Crippen LogP contribution in [0.25, 0.3) is 0 Å². The molecule has 1 amide bonds. The van der Waals surface area contributed by atoms with E-state index < -0.39 is 0 Å². The maximum absolute atomic E-state index is 12.0. The first-order valence-corrected chi connectivity index (χ1v) is 6.63. The van der Waals surface area contributed by atoms with Gasteiger partial charge in [0.05, 0.1) is 0 Å². The van der Waals surface area contributed by atoms with Gasteiger partial charge in [-0.3, -0.25) is 4.79 Å². The van der Waals surface area contributed by atoms with Gasteiger partial charge in [-0.1, -0.05) is 27.5 Å². The van der Waals surface area contributed by atoms with Gasteiger partial charge in [0.15, 0.2) is 0 Å². The van der Waals surface area contributed by atoms with Gasteiger partial charge in [-0.15, -0.1) is 0 Å². The van der Waals surface area contributed by atoms with Gasteiger partial charge in [0.25, 0.3) is 5.91 Å². The van der Waals surface area contributed by atoms with Crippen LogP contribution in [-0.4, -0.2) is 10.9 Å². The number of halogens is 2. The summed E-state index contributed by atoms with van der Waals surface area (Å²) in [6.07, 6.45) is 0. The molecule has 3 N–H and O–H groups in total. The Hall–Kier alpha value is -1.59. The molecule has 0 saturated heterocycles. The van der Waals surface area contributed by atoms with E-state index in [1.807, 2.05) is 19.1 Å². The molecule has 0 fully saturated rings. The molecular weight excluding hydrogens is 330 g/mol. The standard InChI is InChI=1S/C13H11BrClN3O/c1-7-4-9(2-3-10(7)14)17-13(19)8-5-11(15)18-12(16)6-8/h2-6H,1H3,(H2,16,18)(H,17,19). The number of benzene rings is 1. The van der Waals surface area contributed by atoms with Crippen LogP contribution in [0.15, 0.2) is 34.8 Å². The van der Waals surface area contributed by atoms with Gasteiger partial charge in [-0.2, -0.15) is 0 Å². The zero-order chi connectivity index (χ0) is 14.0. The quantitative estimate of drug-likeness (QED) is 0.820. The predicted molar refractivity (Wildman–Crippen MR) is 80.5 cm³/mol. The van der Waals surface area contributed by atoms with Crippen molar-refractivity contribution in [2.75, 3.05) is 11.1 Å². The maximum Gasteiger partial charge on any atom is 0.255 e. The lowest BCUT2D eigenvalue weighted by Crippen LogP contribution is -2.12. The number of aryl methyl sites for hydroxylation is 1. The van der Waals surface area contributed by atoms with Gasteiger partial charge in [0.1, 0.15) is 11.0 Å². The molecule has 0 aliphatic carbocycles. The second kappa shape index (κ2) is 5.59. The Morgan fingerprint density at radius 1 is 1.37 bits per heavy atom. The van der Waals surface area contributed by atoms with Crippen molar-refractivity contribution < 1.29 is 4.79 Å². The van der Waals surface area contributed by atoms with Crippen molar-refractivity contribution in [3.63, 3.8) is 0 Å². The number of nitrogens with two attached hydrogens (primary N) is 1. The van der Waals surface area contributed by atoms with Crippen molar-refractivity contribution in [1.82, 2.24) is 4.98 Å². The molecule has 2 rings (SSSR count). The van der Waals surface area contributed by atoms with E-state index in [9.17, 15) is 4.79 Å². The SMILES string of the molecule is Cc1cc(NC(=O)c2cc(N)nc(Cl)c2)ccc1Br. The van der Waals surface area contributed by atoms with E-state index in [2.05, 4.69) is 26.2 Å². The summed E-state index contributed by atoms with van der Waals surface area (Å²) in [6, 6.07) is 8.50. The third-order valence-electron chi connectivity index (χ3n) is 2.49. The fraction of sp³-hybridized carbons (Fsp3) is 0.0769. The Morgan fingerprint density at radius 2 is 2.11 bits per heavy atom. The molecule has 98 valence electrons.